The number of hydrogen-bond donors (Lipinski definition) is 0. The summed E-state index contributed by atoms with van der Waals surface area (Å²) >= 11 is 1.96. The molecular weight excluding hydrogens is 383 g/mol. The first kappa shape index (κ1) is 20.1. The van der Waals surface area contributed by atoms with Crippen LogP contribution < -0.4 is 0 Å². The molecular formula is C7H13SY3-. The Morgan fingerprint density at radius 2 is 1.36 bits per heavy atom. The quantitative estimate of drug-likeness (QED) is 0.615. The van der Waals surface area contributed by atoms with Crippen LogP contribution in [0.2, 0.25) is 0 Å². The molecule has 0 nitrogen and oxygen atoms in total. The first-order chi connectivity index (χ1) is 3.93. The molecule has 1 rings (SSSR count). The molecule has 0 amide bonds. The first-order valence-corrected chi connectivity index (χ1v) is 4.54. The van der Waals surface area contributed by atoms with Crippen molar-refractivity contribution >= 4 is 11.8 Å². The maximum absolute atomic E-state index is 2.20. The molecule has 57 valence electrons. The topological polar surface area (TPSA) is 0 Å². The number of rotatable bonds is 1. The van der Waals surface area contributed by atoms with E-state index in [2.05, 4.69) is 6.26 Å². The smallest absolute Gasteiger partial charge is 0 e. The van der Waals surface area contributed by atoms with Gasteiger partial charge in [-0.1, -0.05) is 19.3 Å². The van der Waals surface area contributed by atoms with Crippen LogP contribution in [0.4, 0.5) is 0 Å². The third-order valence-corrected chi connectivity index (χ3v) is 2.69. The Balaban J connectivity index is -0.000000213. The third-order valence-electron chi connectivity index (χ3n) is 1.70. The molecule has 0 aromatic carbocycles. The third kappa shape index (κ3) is 9.95. The minimum atomic E-state index is 0. The van der Waals surface area contributed by atoms with Crippen molar-refractivity contribution in [2.75, 3.05) is 6.26 Å². The Morgan fingerprint density at radius 3 is 1.64 bits per heavy atom. The second kappa shape index (κ2) is 13.7. The van der Waals surface area contributed by atoms with E-state index < -0.39 is 0 Å². The Morgan fingerprint density at radius 1 is 0.909 bits per heavy atom. The summed E-state index contributed by atoms with van der Waals surface area (Å²) in [5.41, 5.74) is 0. The van der Waals surface area contributed by atoms with Gasteiger partial charge in [-0.05, 0) is 6.26 Å². The van der Waals surface area contributed by atoms with E-state index >= 15 is 0 Å². The fourth-order valence-electron chi connectivity index (χ4n) is 1.15. The normalized spacial score (nSPS) is 17.2. The monoisotopic (exact) mass is 396 g/mol. The van der Waals surface area contributed by atoms with Gasteiger partial charge in [0.1, 0.15) is 0 Å². The Hall–Kier alpha value is 3.66. The van der Waals surface area contributed by atoms with Crippen molar-refractivity contribution in [3.63, 3.8) is 0 Å². The van der Waals surface area contributed by atoms with Gasteiger partial charge in [0, 0.05) is 98.1 Å². The summed E-state index contributed by atoms with van der Waals surface area (Å²) < 4.78 is 0. The zero-order valence-electron chi connectivity index (χ0n) is 7.18. The maximum Gasteiger partial charge on any atom is 0 e. The first-order valence-electron chi connectivity index (χ1n) is 3.32. The summed E-state index contributed by atoms with van der Waals surface area (Å²) in [6.07, 6.45) is 9.32. The van der Waals surface area contributed by atoms with E-state index in [4.69, 9.17) is 0 Å². The molecule has 0 aromatic rings. The van der Waals surface area contributed by atoms with Crippen molar-refractivity contribution in [1.29, 1.82) is 0 Å². The van der Waals surface area contributed by atoms with Gasteiger partial charge in [-0.15, -0.1) is 0 Å². The molecule has 0 unspecified atom stereocenters. The van der Waals surface area contributed by atoms with Crippen LogP contribution in [-0.4, -0.2) is 6.26 Å². The van der Waals surface area contributed by atoms with Crippen LogP contribution in [0.5, 0.6) is 0 Å². The zero-order chi connectivity index (χ0) is 5.82. The summed E-state index contributed by atoms with van der Waals surface area (Å²) in [5.74, 6) is 0. The van der Waals surface area contributed by atoms with Gasteiger partial charge >= 0.3 is 0 Å². The molecule has 1 fully saturated rings. The van der Waals surface area contributed by atoms with Crippen LogP contribution in [0.3, 0.4) is 0 Å². The van der Waals surface area contributed by atoms with Crippen LogP contribution in [-0.2, 0) is 98.1 Å². The van der Waals surface area contributed by atoms with Crippen LogP contribution in [0, 0.1) is 5.25 Å². The Kier molecular flexibility index (Phi) is 25.0. The van der Waals surface area contributed by atoms with Crippen molar-refractivity contribution in [1.82, 2.24) is 0 Å². The van der Waals surface area contributed by atoms with Crippen LogP contribution in [0.1, 0.15) is 32.1 Å². The van der Waals surface area contributed by atoms with Gasteiger partial charge in [-0.25, -0.2) is 0 Å². The largest absolute Gasteiger partial charge is 0.351 e. The van der Waals surface area contributed by atoms with Crippen LogP contribution in [0.25, 0.3) is 0 Å². The van der Waals surface area contributed by atoms with Gasteiger partial charge in [0.15, 0.2) is 0 Å². The fraction of sp³-hybridized carbons (Fsp3) is 0.857. The van der Waals surface area contributed by atoms with Gasteiger partial charge in [0.2, 0.25) is 0 Å². The van der Waals surface area contributed by atoms with Gasteiger partial charge in [0.25, 0.3) is 0 Å². The molecule has 0 aromatic heterocycles. The second-order valence-corrected chi connectivity index (χ2v) is 3.29. The zero-order valence-corrected chi connectivity index (χ0v) is 16.5. The summed E-state index contributed by atoms with van der Waals surface area (Å²) in [5, 5.41) is 1.72. The van der Waals surface area contributed by atoms with Crippen molar-refractivity contribution in [3.05, 3.63) is 5.25 Å². The molecule has 0 aliphatic heterocycles. The Labute approximate surface area is 150 Å². The van der Waals surface area contributed by atoms with Gasteiger partial charge in [-0.3, -0.25) is 5.25 Å². The average molecular weight is 396 g/mol. The van der Waals surface area contributed by atoms with Gasteiger partial charge < -0.3 is 11.8 Å². The standard InChI is InChI=1S/C7H13S.3Y/c1-8-7-5-3-2-4-6-7;;;/h2-6H2,1H3;;;/q-1;;;. The maximum atomic E-state index is 2.20. The van der Waals surface area contributed by atoms with Crippen molar-refractivity contribution in [2.24, 2.45) is 0 Å². The molecule has 0 N–H and O–H groups in total. The van der Waals surface area contributed by atoms with Crippen molar-refractivity contribution in [2.45, 2.75) is 32.1 Å². The minimum Gasteiger partial charge on any atom is -0.351 e. The van der Waals surface area contributed by atoms with Crippen molar-refractivity contribution < 1.29 is 98.1 Å². The average Bonchev–Trinajstić information content (AvgIpc) is 1.90. The Bertz CT molecular complexity index is 64.7. The molecule has 3 radical (unpaired) electrons. The van der Waals surface area contributed by atoms with Crippen molar-refractivity contribution in [3.8, 4) is 0 Å². The van der Waals surface area contributed by atoms with E-state index in [0.29, 0.717) is 0 Å². The summed E-state index contributed by atoms with van der Waals surface area (Å²) in [4.78, 5) is 0. The van der Waals surface area contributed by atoms with E-state index in [1.807, 2.05) is 11.8 Å². The predicted molar refractivity (Wildman–Crippen MR) is 39.8 cm³/mol. The fourth-order valence-corrected chi connectivity index (χ4v) is 1.85. The van der Waals surface area contributed by atoms with E-state index in [-0.39, 0.29) is 98.1 Å². The minimum absolute atomic E-state index is 0. The van der Waals surface area contributed by atoms with E-state index in [1.54, 1.807) is 5.25 Å². The molecule has 0 atom stereocenters. The second-order valence-electron chi connectivity index (χ2n) is 2.30. The molecule has 11 heavy (non-hydrogen) atoms. The molecule has 0 bridgehead atoms. The molecule has 1 aliphatic carbocycles. The van der Waals surface area contributed by atoms with E-state index in [0.717, 1.165) is 0 Å². The van der Waals surface area contributed by atoms with Crippen LogP contribution in [0.15, 0.2) is 0 Å². The van der Waals surface area contributed by atoms with E-state index in [1.165, 1.54) is 32.1 Å². The summed E-state index contributed by atoms with van der Waals surface area (Å²) in [7, 11) is 0. The molecule has 0 saturated heterocycles. The SMILES string of the molecule is CS[C-]1CCCCC1.[Y].[Y].[Y]. The molecule has 0 heterocycles. The van der Waals surface area contributed by atoms with Gasteiger partial charge in [-0.2, -0.15) is 12.8 Å². The predicted octanol–water partition coefficient (Wildman–Crippen LogP) is 2.84. The van der Waals surface area contributed by atoms with E-state index in [9.17, 15) is 0 Å². The summed E-state index contributed by atoms with van der Waals surface area (Å²) in [6, 6.07) is 0. The molecule has 1 aliphatic rings. The van der Waals surface area contributed by atoms with Crippen LogP contribution >= 0.6 is 11.8 Å². The number of hydrogen-bond acceptors (Lipinski definition) is 1. The summed E-state index contributed by atoms with van der Waals surface area (Å²) in [6.45, 7) is 0. The molecule has 1 saturated carbocycles. The molecule has 0 spiro atoms. The molecule has 4 heteroatoms. The van der Waals surface area contributed by atoms with Gasteiger partial charge in [0.05, 0.1) is 0 Å². The number of thioether (sulfide) groups is 1.